The number of amides is 1. The van der Waals surface area contributed by atoms with E-state index in [4.69, 9.17) is 9.47 Å². The molecule has 0 saturated heterocycles. The number of nitrogens with zero attached hydrogens (tertiary/aromatic N) is 1. The number of sulfonamides is 1. The Morgan fingerprint density at radius 1 is 1.00 bits per heavy atom. The van der Waals surface area contributed by atoms with Crippen LogP contribution in [-0.2, 0) is 21.2 Å². The van der Waals surface area contributed by atoms with Gasteiger partial charge in [-0.05, 0) is 54.7 Å². The van der Waals surface area contributed by atoms with Crippen molar-refractivity contribution in [3.8, 4) is 11.5 Å². The molecule has 8 heteroatoms. The van der Waals surface area contributed by atoms with Gasteiger partial charge in [0, 0.05) is 6.07 Å². The highest BCUT2D eigenvalue weighted by atomic mass is 32.2. The summed E-state index contributed by atoms with van der Waals surface area (Å²) < 4.78 is 39.2. The summed E-state index contributed by atoms with van der Waals surface area (Å²) in [4.78, 5) is 13.3. The average molecular weight is 481 g/mol. The number of anilines is 1. The number of carbonyl (C=O) groups is 1. The van der Waals surface area contributed by atoms with Crippen LogP contribution < -0.4 is 19.1 Å². The van der Waals surface area contributed by atoms with E-state index < -0.39 is 22.5 Å². The van der Waals surface area contributed by atoms with E-state index in [0.717, 1.165) is 29.1 Å². The second-order valence-corrected chi connectivity index (χ2v) is 9.94. The standard InChI is InChI=1S/C26H28N2O5S/c1-32-20-15-16-25(33-2)24(17-20)28(34(30,31)21-11-4-3-5-12-21)18-26(29)27-23-14-8-10-19-9-6-7-13-22(19)23/h3-7,9,11-13,15-17,23H,8,10,14,18H2,1-2H3,(H,27,29)/t23-/m0/s1. The van der Waals surface area contributed by atoms with Crippen molar-refractivity contribution < 1.29 is 22.7 Å². The molecule has 0 radical (unpaired) electrons. The third-order valence-corrected chi connectivity index (χ3v) is 7.75. The number of nitrogens with one attached hydrogen (secondary N) is 1. The van der Waals surface area contributed by atoms with Crippen LogP contribution in [0.1, 0.15) is 30.0 Å². The maximum atomic E-state index is 13.7. The number of hydrogen-bond donors (Lipinski definition) is 1. The van der Waals surface area contributed by atoms with E-state index in [0.29, 0.717) is 11.5 Å². The van der Waals surface area contributed by atoms with Gasteiger partial charge in [0.2, 0.25) is 5.91 Å². The Kier molecular flexibility index (Phi) is 7.07. The van der Waals surface area contributed by atoms with Gasteiger partial charge in [-0.3, -0.25) is 9.10 Å². The van der Waals surface area contributed by atoms with Crippen LogP contribution in [0.4, 0.5) is 5.69 Å². The van der Waals surface area contributed by atoms with Crippen LogP contribution in [0.5, 0.6) is 11.5 Å². The van der Waals surface area contributed by atoms with Crippen molar-refractivity contribution in [2.24, 2.45) is 0 Å². The van der Waals surface area contributed by atoms with Gasteiger partial charge >= 0.3 is 0 Å². The Bertz CT molecular complexity index is 1260. The lowest BCUT2D eigenvalue weighted by molar-refractivity contribution is -0.120. The molecular weight excluding hydrogens is 452 g/mol. The fraction of sp³-hybridized carbons (Fsp3) is 0.269. The maximum absolute atomic E-state index is 13.7. The minimum atomic E-state index is -4.07. The molecule has 3 aromatic carbocycles. The average Bonchev–Trinajstić information content (AvgIpc) is 2.87. The summed E-state index contributed by atoms with van der Waals surface area (Å²) in [6.45, 7) is -0.403. The number of rotatable bonds is 8. The number of methoxy groups -OCH3 is 2. The Labute approximate surface area is 200 Å². The van der Waals surface area contributed by atoms with E-state index in [-0.39, 0.29) is 16.6 Å². The van der Waals surface area contributed by atoms with Crippen molar-refractivity contribution >= 4 is 21.6 Å². The highest BCUT2D eigenvalue weighted by Gasteiger charge is 2.31. The number of hydrogen-bond acceptors (Lipinski definition) is 5. The van der Waals surface area contributed by atoms with Gasteiger partial charge in [-0.1, -0.05) is 42.5 Å². The highest BCUT2D eigenvalue weighted by Crippen LogP contribution is 2.36. The summed E-state index contributed by atoms with van der Waals surface area (Å²) in [5.41, 5.74) is 2.52. The molecule has 1 N–H and O–H groups in total. The summed E-state index contributed by atoms with van der Waals surface area (Å²) in [7, 11) is -1.12. The van der Waals surface area contributed by atoms with Crippen molar-refractivity contribution in [3.63, 3.8) is 0 Å². The van der Waals surface area contributed by atoms with Crippen molar-refractivity contribution in [1.29, 1.82) is 0 Å². The zero-order chi connectivity index (χ0) is 24.1. The van der Waals surface area contributed by atoms with Gasteiger partial charge in [0.15, 0.2) is 0 Å². The van der Waals surface area contributed by atoms with E-state index in [9.17, 15) is 13.2 Å². The van der Waals surface area contributed by atoms with Crippen LogP contribution in [0.25, 0.3) is 0 Å². The first-order chi connectivity index (χ1) is 16.4. The van der Waals surface area contributed by atoms with Crippen LogP contribution in [-0.4, -0.2) is 35.1 Å². The molecule has 3 aromatic rings. The molecule has 0 unspecified atom stereocenters. The number of fused-ring (bicyclic) bond motifs is 1. The second-order valence-electron chi connectivity index (χ2n) is 8.07. The lowest BCUT2D eigenvalue weighted by Crippen LogP contribution is -2.42. The first-order valence-electron chi connectivity index (χ1n) is 11.1. The molecule has 0 spiro atoms. The van der Waals surface area contributed by atoms with E-state index in [1.807, 2.05) is 18.2 Å². The van der Waals surface area contributed by atoms with Gasteiger partial charge in [0.1, 0.15) is 18.0 Å². The lowest BCUT2D eigenvalue weighted by atomic mass is 9.88. The molecule has 0 aromatic heterocycles. The quantitative estimate of drug-likeness (QED) is 0.525. The maximum Gasteiger partial charge on any atom is 0.264 e. The van der Waals surface area contributed by atoms with Crippen LogP contribution in [0.15, 0.2) is 77.7 Å². The molecule has 1 aliphatic rings. The molecular formula is C26H28N2O5S. The molecule has 34 heavy (non-hydrogen) atoms. The largest absolute Gasteiger partial charge is 0.497 e. The van der Waals surface area contributed by atoms with E-state index in [1.165, 1.54) is 31.9 Å². The number of aryl methyl sites for hydroxylation is 1. The van der Waals surface area contributed by atoms with Gasteiger partial charge in [0.25, 0.3) is 10.0 Å². The monoisotopic (exact) mass is 480 g/mol. The van der Waals surface area contributed by atoms with E-state index >= 15 is 0 Å². The fourth-order valence-electron chi connectivity index (χ4n) is 4.29. The zero-order valence-electron chi connectivity index (χ0n) is 19.2. The Balaban J connectivity index is 1.69. The first kappa shape index (κ1) is 23.6. The minimum absolute atomic E-state index is 0.0793. The van der Waals surface area contributed by atoms with Gasteiger partial charge in [-0.2, -0.15) is 0 Å². The zero-order valence-corrected chi connectivity index (χ0v) is 20.0. The Morgan fingerprint density at radius 3 is 2.47 bits per heavy atom. The summed E-state index contributed by atoms with van der Waals surface area (Å²) >= 11 is 0. The van der Waals surface area contributed by atoms with Crippen molar-refractivity contribution in [2.75, 3.05) is 25.1 Å². The summed E-state index contributed by atoms with van der Waals surface area (Å²) in [5.74, 6) is 0.368. The van der Waals surface area contributed by atoms with Gasteiger partial charge in [-0.25, -0.2) is 8.42 Å². The van der Waals surface area contributed by atoms with E-state index in [2.05, 4.69) is 11.4 Å². The second kappa shape index (κ2) is 10.2. The predicted octanol–water partition coefficient (Wildman–Crippen LogP) is 4.09. The van der Waals surface area contributed by atoms with Gasteiger partial charge in [-0.15, -0.1) is 0 Å². The molecule has 1 atom stereocenters. The smallest absolute Gasteiger partial charge is 0.264 e. The van der Waals surface area contributed by atoms with Crippen molar-refractivity contribution in [3.05, 3.63) is 83.9 Å². The number of benzene rings is 3. The minimum Gasteiger partial charge on any atom is -0.497 e. The van der Waals surface area contributed by atoms with Crippen LogP contribution in [0.2, 0.25) is 0 Å². The molecule has 0 fully saturated rings. The normalized spacial score (nSPS) is 15.2. The van der Waals surface area contributed by atoms with Crippen LogP contribution in [0, 0.1) is 0 Å². The highest BCUT2D eigenvalue weighted by molar-refractivity contribution is 7.92. The Morgan fingerprint density at radius 2 is 1.74 bits per heavy atom. The Hall–Kier alpha value is -3.52. The molecule has 0 heterocycles. The number of carbonyl (C=O) groups excluding carboxylic acids is 1. The third-order valence-electron chi connectivity index (χ3n) is 5.98. The summed E-state index contributed by atoms with van der Waals surface area (Å²) in [6.07, 6.45) is 2.73. The summed E-state index contributed by atoms with van der Waals surface area (Å²) in [5, 5.41) is 3.05. The molecule has 4 rings (SSSR count). The lowest BCUT2D eigenvalue weighted by Gasteiger charge is -2.29. The molecule has 0 aliphatic heterocycles. The SMILES string of the molecule is COc1ccc(OC)c(N(CC(=O)N[C@H]2CCCc3ccccc32)S(=O)(=O)c2ccccc2)c1. The topological polar surface area (TPSA) is 84.9 Å². The van der Waals surface area contributed by atoms with Gasteiger partial charge in [0.05, 0.1) is 30.8 Å². The fourth-order valence-corrected chi connectivity index (χ4v) is 5.73. The number of ether oxygens (including phenoxy) is 2. The first-order valence-corrected chi connectivity index (χ1v) is 12.5. The van der Waals surface area contributed by atoms with Crippen LogP contribution in [0.3, 0.4) is 0 Å². The van der Waals surface area contributed by atoms with Gasteiger partial charge < -0.3 is 14.8 Å². The molecule has 7 nitrogen and oxygen atoms in total. The van der Waals surface area contributed by atoms with Crippen LogP contribution >= 0.6 is 0 Å². The third kappa shape index (κ3) is 4.87. The molecule has 1 aliphatic carbocycles. The van der Waals surface area contributed by atoms with E-state index in [1.54, 1.807) is 36.4 Å². The molecule has 1 amide bonds. The van der Waals surface area contributed by atoms with Crippen molar-refractivity contribution in [2.45, 2.75) is 30.2 Å². The summed E-state index contributed by atoms with van der Waals surface area (Å²) in [6, 6.07) is 20.8. The molecule has 0 bridgehead atoms. The molecule has 0 saturated carbocycles. The molecule has 178 valence electrons. The van der Waals surface area contributed by atoms with Crippen molar-refractivity contribution in [1.82, 2.24) is 5.32 Å². The predicted molar refractivity (Wildman–Crippen MR) is 131 cm³/mol.